The molecular formula is C8H20N2O. The van der Waals surface area contributed by atoms with Crippen LogP contribution in [0.25, 0.3) is 0 Å². The summed E-state index contributed by atoms with van der Waals surface area (Å²) in [7, 11) is 3.84. The molecule has 68 valence electrons. The third kappa shape index (κ3) is 7.78. The Morgan fingerprint density at radius 1 is 1.27 bits per heavy atom. The van der Waals surface area contributed by atoms with Crippen molar-refractivity contribution in [2.45, 2.75) is 12.8 Å². The number of methoxy groups -OCH3 is 1. The van der Waals surface area contributed by atoms with Gasteiger partial charge in [0, 0.05) is 26.8 Å². The summed E-state index contributed by atoms with van der Waals surface area (Å²) in [6.07, 6.45) is 2.34. The van der Waals surface area contributed by atoms with E-state index in [-0.39, 0.29) is 0 Å². The summed E-state index contributed by atoms with van der Waals surface area (Å²) >= 11 is 0. The van der Waals surface area contributed by atoms with Gasteiger partial charge in [0.05, 0.1) is 0 Å². The molecule has 0 aliphatic rings. The van der Waals surface area contributed by atoms with E-state index in [2.05, 4.69) is 11.9 Å². The molecule has 0 bridgehead atoms. The van der Waals surface area contributed by atoms with Crippen LogP contribution in [0.4, 0.5) is 0 Å². The van der Waals surface area contributed by atoms with Crippen LogP contribution in [-0.4, -0.2) is 45.3 Å². The molecule has 0 amide bonds. The van der Waals surface area contributed by atoms with Crippen molar-refractivity contribution in [1.29, 1.82) is 0 Å². The zero-order chi connectivity index (χ0) is 8.53. The highest BCUT2D eigenvalue weighted by molar-refractivity contribution is 4.51. The topological polar surface area (TPSA) is 38.5 Å². The molecule has 0 aliphatic carbocycles. The fraction of sp³-hybridized carbons (Fsp3) is 1.00. The van der Waals surface area contributed by atoms with Crippen molar-refractivity contribution < 1.29 is 4.74 Å². The number of likely N-dealkylation sites (N-methyl/N-ethyl adjacent to an activating group) is 1. The van der Waals surface area contributed by atoms with Gasteiger partial charge in [-0.1, -0.05) is 0 Å². The van der Waals surface area contributed by atoms with E-state index in [0.717, 1.165) is 32.7 Å². The van der Waals surface area contributed by atoms with Gasteiger partial charge >= 0.3 is 0 Å². The molecule has 0 atom stereocenters. The smallest absolute Gasteiger partial charge is 0.0462 e. The normalized spacial score (nSPS) is 10.9. The number of nitrogens with two attached hydrogens (primary N) is 1. The fourth-order valence-electron chi connectivity index (χ4n) is 0.960. The summed E-state index contributed by atoms with van der Waals surface area (Å²) in [6, 6.07) is 0. The minimum atomic E-state index is 0.751. The highest BCUT2D eigenvalue weighted by atomic mass is 16.5. The molecule has 0 fully saturated rings. The van der Waals surface area contributed by atoms with Crippen LogP contribution < -0.4 is 5.73 Å². The van der Waals surface area contributed by atoms with Gasteiger partial charge in [0.1, 0.15) is 0 Å². The maximum absolute atomic E-state index is 5.39. The van der Waals surface area contributed by atoms with Gasteiger partial charge < -0.3 is 15.4 Å². The molecule has 2 N–H and O–H groups in total. The van der Waals surface area contributed by atoms with Gasteiger partial charge in [0.2, 0.25) is 0 Å². The Hall–Kier alpha value is -0.120. The van der Waals surface area contributed by atoms with E-state index >= 15 is 0 Å². The molecular weight excluding hydrogens is 140 g/mol. The highest BCUT2D eigenvalue weighted by Gasteiger charge is 1.94. The second-order valence-corrected chi connectivity index (χ2v) is 2.79. The Balaban J connectivity index is 2.97. The van der Waals surface area contributed by atoms with E-state index in [1.54, 1.807) is 7.11 Å². The summed E-state index contributed by atoms with van der Waals surface area (Å²) in [5.41, 5.74) is 5.39. The molecule has 0 heterocycles. The van der Waals surface area contributed by atoms with Gasteiger partial charge in [-0.2, -0.15) is 0 Å². The average Bonchev–Trinajstić information content (AvgIpc) is 1.99. The van der Waals surface area contributed by atoms with Crippen molar-refractivity contribution in [3.05, 3.63) is 0 Å². The summed E-state index contributed by atoms with van der Waals surface area (Å²) in [6.45, 7) is 3.74. The lowest BCUT2D eigenvalue weighted by atomic mass is 10.3. The monoisotopic (exact) mass is 160 g/mol. The molecule has 0 aliphatic heterocycles. The fourth-order valence-corrected chi connectivity index (χ4v) is 0.960. The summed E-state index contributed by atoms with van der Waals surface area (Å²) < 4.78 is 4.94. The number of hydrogen-bond acceptors (Lipinski definition) is 3. The molecule has 0 aromatic rings. The largest absolute Gasteiger partial charge is 0.385 e. The van der Waals surface area contributed by atoms with Crippen LogP contribution in [0, 0.1) is 0 Å². The lowest BCUT2D eigenvalue weighted by molar-refractivity contribution is 0.187. The summed E-state index contributed by atoms with van der Waals surface area (Å²) in [5.74, 6) is 0. The van der Waals surface area contributed by atoms with Gasteiger partial charge in [-0.3, -0.25) is 0 Å². The molecule has 0 saturated heterocycles. The molecule has 0 aromatic carbocycles. The van der Waals surface area contributed by atoms with Crippen molar-refractivity contribution >= 4 is 0 Å². The molecule has 3 nitrogen and oxygen atoms in total. The number of nitrogens with zero attached hydrogens (tertiary/aromatic N) is 1. The molecule has 11 heavy (non-hydrogen) atoms. The minimum absolute atomic E-state index is 0.751. The van der Waals surface area contributed by atoms with E-state index in [9.17, 15) is 0 Å². The third-order valence-electron chi connectivity index (χ3n) is 1.65. The Morgan fingerprint density at radius 3 is 2.55 bits per heavy atom. The Kier molecular flexibility index (Phi) is 7.89. The molecule has 0 unspecified atom stereocenters. The quantitative estimate of drug-likeness (QED) is 0.544. The molecule has 0 spiro atoms. The van der Waals surface area contributed by atoms with Crippen LogP contribution in [-0.2, 0) is 4.74 Å². The van der Waals surface area contributed by atoms with Gasteiger partial charge in [-0.25, -0.2) is 0 Å². The Labute approximate surface area is 69.5 Å². The van der Waals surface area contributed by atoms with Gasteiger partial charge in [-0.15, -0.1) is 0 Å². The van der Waals surface area contributed by atoms with E-state index < -0.39 is 0 Å². The van der Waals surface area contributed by atoms with E-state index in [4.69, 9.17) is 10.5 Å². The van der Waals surface area contributed by atoms with Gasteiger partial charge in [-0.05, 0) is 26.4 Å². The van der Waals surface area contributed by atoms with Crippen molar-refractivity contribution in [3.63, 3.8) is 0 Å². The first-order valence-corrected chi connectivity index (χ1v) is 4.18. The van der Waals surface area contributed by atoms with Crippen LogP contribution in [0.2, 0.25) is 0 Å². The predicted octanol–water partition coefficient (Wildman–Crippen LogP) is 0.304. The zero-order valence-electron chi connectivity index (χ0n) is 7.68. The number of unbranched alkanes of at least 4 members (excludes halogenated alkanes) is 1. The lowest BCUT2D eigenvalue weighted by Gasteiger charge is -2.14. The predicted molar refractivity (Wildman–Crippen MR) is 47.7 cm³/mol. The highest BCUT2D eigenvalue weighted by Crippen LogP contribution is 1.91. The van der Waals surface area contributed by atoms with E-state index in [1.165, 1.54) is 6.42 Å². The Bertz CT molecular complexity index is 78.5. The summed E-state index contributed by atoms with van der Waals surface area (Å²) in [5, 5.41) is 0. The standard InChI is InChI=1S/C8H20N2O/c1-10(7-5-9)6-3-4-8-11-2/h3-9H2,1-2H3. The van der Waals surface area contributed by atoms with Crippen LogP contribution in [0.3, 0.4) is 0 Å². The van der Waals surface area contributed by atoms with Gasteiger partial charge in [0.25, 0.3) is 0 Å². The zero-order valence-corrected chi connectivity index (χ0v) is 7.68. The van der Waals surface area contributed by atoms with Crippen LogP contribution >= 0.6 is 0 Å². The second kappa shape index (κ2) is 7.98. The van der Waals surface area contributed by atoms with E-state index in [1.807, 2.05) is 0 Å². The van der Waals surface area contributed by atoms with Crippen molar-refractivity contribution in [1.82, 2.24) is 4.90 Å². The van der Waals surface area contributed by atoms with Gasteiger partial charge in [0.15, 0.2) is 0 Å². The van der Waals surface area contributed by atoms with E-state index in [0.29, 0.717) is 0 Å². The van der Waals surface area contributed by atoms with Crippen molar-refractivity contribution in [3.8, 4) is 0 Å². The first kappa shape index (κ1) is 10.9. The number of ether oxygens (including phenoxy) is 1. The number of rotatable bonds is 7. The molecule has 0 saturated carbocycles. The number of hydrogen-bond donors (Lipinski definition) is 1. The van der Waals surface area contributed by atoms with Crippen molar-refractivity contribution in [2.24, 2.45) is 5.73 Å². The first-order chi connectivity index (χ1) is 5.31. The maximum atomic E-state index is 5.39. The first-order valence-electron chi connectivity index (χ1n) is 4.18. The lowest BCUT2D eigenvalue weighted by Crippen LogP contribution is -2.26. The maximum Gasteiger partial charge on any atom is 0.0462 e. The summed E-state index contributed by atoms with van der Waals surface area (Å²) in [4.78, 5) is 2.25. The molecule has 0 radical (unpaired) electrons. The van der Waals surface area contributed by atoms with Crippen LogP contribution in [0.5, 0.6) is 0 Å². The molecule has 3 heteroatoms. The third-order valence-corrected chi connectivity index (χ3v) is 1.65. The SMILES string of the molecule is COCCCCN(C)CCN. The Morgan fingerprint density at radius 2 is 2.00 bits per heavy atom. The molecule has 0 rings (SSSR count). The van der Waals surface area contributed by atoms with Crippen LogP contribution in [0.1, 0.15) is 12.8 Å². The average molecular weight is 160 g/mol. The second-order valence-electron chi connectivity index (χ2n) is 2.79. The van der Waals surface area contributed by atoms with Crippen molar-refractivity contribution in [2.75, 3.05) is 40.4 Å². The molecule has 0 aromatic heterocycles. The van der Waals surface area contributed by atoms with Crippen LogP contribution in [0.15, 0.2) is 0 Å². The minimum Gasteiger partial charge on any atom is -0.385 e.